The number of nitrogens with one attached hydrogen (secondary N) is 1. The quantitative estimate of drug-likeness (QED) is 0.736. The Labute approximate surface area is 87.1 Å². The molecule has 0 aromatic carbocycles. The maximum atomic E-state index is 9.39. The zero-order chi connectivity index (χ0) is 10.6. The van der Waals surface area contributed by atoms with Gasteiger partial charge in [-0.15, -0.1) is 0 Å². The van der Waals surface area contributed by atoms with Gasteiger partial charge in [0.05, 0.1) is 6.07 Å². The molecule has 0 saturated carbocycles. The van der Waals surface area contributed by atoms with E-state index in [0.29, 0.717) is 5.92 Å². The Morgan fingerprint density at radius 2 is 2.00 bits per heavy atom. The first-order valence-corrected chi connectivity index (χ1v) is 5.54. The Hall–Kier alpha value is -0.590. The number of rotatable bonds is 3. The lowest BCUT2D eigenvalue weighted by atomic mass is 9.83. The van der Waals surface area contributed by atoms with Gasteiger partial charge in [0.2, 0.25) is 0 Å². The van der Waals surface area contributed by atoms with Crippen LogP contribution in [0.1, 0.15) is 27.2 Å². The summed E-state index contributed by atoms with van der Waals surface area (Å²) >= 11 is 0. The first-order chi connectivity index (χ1) is 6.67. The third-order valence-corrected chi connectivity index (χ3v) is 3.37. The molecule has 1 heterocycles. The van der Waals surface area contributed by atoms with E-state index >= 15 is 0 Å². The smallest absolute Gasteiger partial charge is 0.111 e. The van der Waals surface area contributed by atoms with Gasteiger partial charge in [-0.05, 0) is 12.3 Å². The third kappa shape index (κ3) is 1.92. The first-order valence-electron chi connectivity index (χ1n) is 5.54. The molecule has 3 nitrogen and oxygen atoms in total. The molecule has 80 valence electrons. The molecule has 1 fully saturated rings. The molecule has 14 heavy (non-hydrogen) atoms. The highest BCUT2D eigenvalue weighted by Gasteiger charge is 2.38. The van der Waals surface area contributed by atoms with Crippen LogP contribution in [0.3, 0.4) is 0 Å². The number of hydrogen-bond acceptors (Lipinski definition) is 3. The van der Waals surface area contributed by atoms with E-state index in [-0.39, 0.29) is 5.54 Å². The van der Waals surface area contributed by atoms with Crippen LogP contribution in [0.4, 0.5) is 0 Å². The van der Waals surface area contributed by atoms with E-state index in [2.05, 4.69) is 37.1 Å². The van der Waals surface area contributed by atoms with Crippen molar-refractivity contribution in [3.63, 3.8) is 0 Å². The van der Waals surface area contributed by atoms with Crippen molar-refractivity contribution in [2.75, 3.05) is 26.2 Å². The predicted octanol–water partition coefficient (Wildman–Crippen LogP) is 1.22. The summed E-state index contributed by atoms with van der Waals surface area (Å²) in [7, 11) is 0. The van der Waals surface area contributed by atoms with Crippen LogP contribution >= 0.6 is 0 Å². The molecule has 3 heteroatoms. The second kappa shape index (κ2) is 4.77. The summed E-state index contributed by atoms with van der Waals surface area (Å²) in [6.07, 6.45) is 0.918. The molecule has 0 bridgehead atoms. The Morgan fingerprint density at radius 1 is 1.43 bits per heavy atom. The average Bonchev–Trinajstić information content (AvgIpc) is 2.22. The SMILES string of the molecule is CCC(C#N)(C(C)C)N1CCNCC1. The lowest BCUT2D eigenvalue weighted by Gasteiger charge is -2.43. The Bertz CT molecular complexity index is 213. The number of nitriles is 1. The number of piperazine rings is 1. The minimum absolute atomic E-state index is 0.248. The normalized spacial score (nSPS) is 23.1. The van der Waals surface area contributed by atoms with E-state index in [9.17, 15) is 5.26 Å². The lowest BCUT2D eigenvalue weighted by molar-refractivity contribution is 0.0759. The van der Waals surface area contributed by atoms with Crippen molar-refractivity contribution < 1.29 is 0 Å². The van der Waals surface area contributed by atoms with Crippen molar-refractivity contribution in [2.45, 2.75) is 32.7 Å². The van der Waals surface area contributed by atoms with E-state index in [1.807, 2.05) is 0 Å². The molecule has 0 aromatic rings. The predicted molar refractivity (Wildman–Crippen MR) is 57.9 cm³/mol. The van der Waals surface area contributed by atoms with Crippen LogP contribution in [-0.4, -0.2) is 36.6 Å². The van der Waals surface area contributed by atoms with Crippen LogP contribution in [0, 0.1) is 17.2 Å². The zero-order valence-corrected chi connectivity index (χ0v) is 9.51. The molecule has 1 unspecified atom stereocenters. The van der Waals surface area contributed by atoms with Gasteiger partial charge in [-0.25, -0.2) is 0 Å². The number of nitrogens with zero attached hydrogens (tertiary/aromatic N) is 2. The van der Waals surface area contributed by atoms with E-state index in [4.69, 9.17) is 0 Å². The summed E-state index contributed by atoms with van der Waals surface area (Å²) < 4.78 is 0. The average molecular weight is 195 g/mol. The summed E-state index contributed by atoms with van der Waals surface area (Å²) in [5.74, 6) is 0.399. The highest BCUT2D eigenvalue weighted by atomic mass is 15.2. The molecule has 0 radical (unpaired) electrons. The van der Waals surface area contributed by atoms with E-state index in [1.54, 1.807) is 0 Å². The van der Waals surface area contributed by atoms with Crippen LogP contribution < -0.4 is 5.32 Å². The fourth-order valence-corrected chi connectivity index (χ4v) is 2.34. The van der Waals surface area contributed by atoms with E-state index in [0.717, 1.165) is 32.6 Å². The summed E-state index contributed by atoms with van der Waals surface area (Å²) in [5, 5.41) is 12.7. The van der Waals surface area contributed by atoms with E-state index in [1.165, 1.54) is 0 Å². The molecule has 1 saturated heterocycles. The minimum atomic E-state index is -0.248. The summed E-state index contributed by atoms with van der Waals surface area (Å²) in [6, 6.07) is 2.53. The molecular weight excluding hydrogens is 174 g/mol. The first kappa shape index (κ1) is 11.5. The van der Waals surface area contributed by atoms with Gasteiger partial charge in [-0.3, -0.25) is 4.90 Å². The molecule has 1 rings (SSSR count). The minimum Gasteiger partial charge on any atom is -0.314 e. The molecule has 0 spiro atoms. The van der Waals surface area contributed by atoms with Gasteiger partial charge in [0.1, 0.15) is 5.54 Å². The molecule has 1 aliphatic rings. The van der Waals surface area contributed by atoms with Crippen molar-refractivity contribution >= 4 is 0 Å². The van der Waals surface area contributed by atoms with Gasteiger partial charge in [-0.2, -0.15) is 5.26 Å². The van der Waals surface area contributed by atoms with Crippen LogP contribution in [-0.2, 0) is 0 Å². The van der Waals surface area contributed by atoms with Crippen molar-refractivity contribution in [1.29, 1.82) is 5.26 Å². The fourth-order valence-electron chi connectivity index (χ4n) is 2.34. The summed E-state index contributed by atoms with van der Waals surface area (Å²) in [5.41, 5.74) is -0.248. The van der Waals surface area contributed by atoms with Crippen LogP contribution in [0.25, 0.3) is 0 Å². The Morgan fingerprint density at radius 3 is 2.36 bits per heavy atom. The van der Waals surface area contributed by atoms with Gasteiger partial charge in [0.25, 0.3) is 0 Å². The monoisotopic (exact) mass is 195 g/mol. The highest BCUT2D eigenvalue weighted by Crippen LogP contribution is 2.28. The van der Waals surface area contributed by atoms with Gasteiger partial charge < -0.3 is 5.32 Å². The molecule has 0 aromatic heterocycles. The number of hydrogen-bond donors (Lipinski definition) is 1. The van der Waals surface area contributed by atoms with Crippen molar-refractivity contribution in [3.8, 4) is 6.07 Å². The van der Waals surface area contributed by atoms with E-state index < -0.39 is 0 Å². The van der Waals surface area contributed by atoms with Crippen LogP contribution in [0.2, 0.25) is 0 Å². The molecular formula is C11H21N3. The second-order valence-electron chi connectivity index (χ2n) is 4.28. The largest absolute Gasteiger partial charge is 0.314 e. The molecule has 1 N–H and O–H groups in total. The van der Waals surface area contributed by atoms with Gasteiger partial charge in [0.15, 0.2) is 0 Å². The Balaban J connectivity index is 2.80. The maximum absolute atomic E-state index is 9.39. The van der Waals surface area contributed by atoms with Crippen LogP contribution in [0.5, 0.6) is 0 Å². The highest BCUT2D eigenvalue weighted by molar-refractivity contribution is 5.10. The lowest BCUT2D eigenvalue weighted by Crippen LogP contribution is -2.57. The van der Waals surface area contributed by atoms with Crippen LogP contribution in [0.15, 0.2) is 0 Å². The van der Waals surface area contributed by atoms with Gasteiger partial charge in [0, 0.05) is 26.2 Å². The maximum Gasteiger partial charge on any atom is 0.111 e. The molecule has 0 aliphatic carbocycles. The fraction of sp³-hybridized carbons (Fsp3) is 0.909. The summed E-state index contributed by atoms with van der Waals surface area (Å²) in [4.78, 5) is 2.34. The molecule has 1 atom stereocenters. The van der Waals surface area contributed by atoms with Crippen molar-refractivity contribution in [2.24, 2.45) is 5.92 Å². The van der Waals surface area contributed by atoms with Crippen molar-refractivity contribution in [1.82, 2.24) is 10.2 Å². The van der Waals surface area contributed by atoms with Gasteiger partial charge >= 0.3 is 0 Å². The third-order valence-electron chi connectivity index (χ3n) is 3.37. The van der Waals surface area contributed by atoms with Gasteiger partial charge in [-0.1, -0.05) is 20.8 Å². The molecule has 0 amide bonds. The Kier molecular flexibility index (Phi) is 3.91. The van der Waals surface area contributed by atoms with Crippen molar-refractivity contribution in [3.05, 3.63) is 0 Å². The second-order valence-corrected chi connectivity index (χ2v) is 4.28. The summed E-state index contributed by atoms with van der Waals surface area (Å²) in [6.45, 7) is 10.4. The zero-order valence-electron chi connectivity index (χ0n) is 9.51. The topological polar surface area (TPSA) is 39.1 Å². The standard InChI is InChI=1S/C11H21N3/c1-4-11(9-12,10(2)3)14-7-5-13-6-8-14/h10,13H,4-8H2,1-3H3. The molecule has 1 aliphatic heterocycles.